The van der Waals surface area contributed by atoms with Gasteiger partial charge in [0.25, 0.3) is 0 Å². The highest BCUT2D eigenvalue weighted by atomic mass is 35.5. The molecule has 2 N–H and O–H groups in total. The van der Waals surface area contributed by atoms with E-state index in [1.165, 1.54) is 0 Å². The van der Waals surface area contributed by atoms with Crippen LogP contribution in [0.4, 0.5) is 23.7 Å². The van der Waals surface area contributed by atoms with Crippen molar-refractivity contribution in [3.8, 4) is 5.75 Å². The number of carbonyl (C=O) groups is 1. The van der Waals surface area contributed by atoms with Crippen molar-refractivity contribution in [2.45, 2.75) is 69.5 Å². The predicted octanol–water partition coefficient (Wildman–Crippen LogP) is 9.13. The number of alkyl carbamates (subject to hydrolysis) is 1. The Balaban J connectivity index is 1.45. The largest absolute Gasteiger partial charge is 0.511 e. The van der Waals surface area contributed by atoms with Crippen LogP contribution in [0, 0.1) is 0 Å². The number of hydrogen-bond donors (Lipinski definition) is 2. The second-order valence-corrected chi connectivity index (χ2v) is 16.4. The fraction of sp³-hybridized carbons (Fsp3) is 0.405. The summed E-state index contributed by atoms with van der Waals surface area (Å²) in [7, 11) is -5.40. The Hall–Kier alpha value is -3.78. The zero-order valence-corrected chi connectivity index (χ0v) is 31.3. The van der Waals surface area contributed by atoms with Gasteiger partial charge in [0.15, 0.2) is 0 Å². The number of sulfonamides is 1. The van der Waals surface area contributed by atoms with Gasteiger partial charge in [-0.05, 0) is 106 Å². The number of halogens is 5. The quantitative estimate of drug-likeness (QED) is 0.109. The van der Waals surface area contributed by atoms with E-state index in [1.54, 1.807) is 33.0 Å². The fourth-order valence-corrected chi connectivity index (χ4v) is 7.29. The number of aromatic nitrogens is 1. The average molecular weight is 782 g/mol. The SMILES string of the molecule is CC(C)(C)OC(=O)NCCCCOc1cc(C(c2ccc(Cl)cc2)c2ccc(Cl)cc2)cc2c(NC3CCN(S(=O)(=O)C(F)(F)F)CC3)ccnc12. The van der Waals surface area contributed by atoms with Crippen LogP contribution in [0.15, 0.2) is 72.9 Å². The Morgan fingerprint density at radius 1 is 0.923 bits per heavy atom. The Kier molecular flexibility index (Phi) is 12.5. The maximum Gasteiger partial charge on any atom is 0.511 e. The number of amides is 1. The lowest BCUT2D eigenvalue weighted by atomic mass is 9.84. The van der Waals surface area contributed by atoms with Gasteiger partial charge in [-0.1, -0.05) is 47.5 Å². The third-order valence-electron chi connectivity index (χ3n) is 8.52. The Morgan fingerprint density at radius 2 is 1.52 bits per heavy atom. The summed E-state index contributed by atoms with van der Waals surface area (Å²) in [5.41, 5.74) is -1.89. The van der Waals surface area contributed by atoms with Crippen LogP contribution in [0.2, 0.25) is 10.0 Å². The van der Waals surface area contributed by atoms with Crippen LogP contribution >= 0.6 is 23.2 Å². The molecule has 0 aliphatic carbocycles. The molecule has 0 saturated carbocycles. The average Bonchev–Trinajstić information content (AvgIpc) is 3.07. The number of alkyl halides is 3. The molecule has 9 nitrogen and oxygen atoms in total. The first-order valence-corrected chi connectivity index (χ1v) is 19.1. The third-order valence-corrected chi connectivity index (χ3v) is 10.6. The van der Waals surface area contributed by atoms with E-state index in [0.717, 1.165) is 22.1 Å². The molecule has 0 radical (unpaired) electrons. The van der Waals surface area contributed by atoms with Gasteiger partial charge in [0, 0.05) is 58.9 Å². The molecule has 0 atom stereocenters. The van der Waals surface area contributed by atoms with E-state index in [9.17, 15) is 26.4 Å². The summed E-state index contributed by atoms with van der Waals surface area (Å²) in [5, 5.41) is 8.10. The number of rotatable bonds is 12. The van der Waals surface area contributed by atoms with Crippen molar-refractivity contribution in [1.82, 2.24) is 14.6 Å². The number of nitrogens with one attached hydrogen (secondary N) is 2. The van der Waals surface area contributed by atoms with Crippen molar-refractivity contribution >= 4 is 55.9 Å². The third kappa shape index (κ3) is 10.00. The number of nitrogens with zero attached hydrogens (tertiary/aromatic N) is 2. The van der Waals surface area contributed by atoms with Gasteiger partial charge >= 0.3 is 21.6 Å². The standard InChI is InChI=1S/C37H41Cl2F3N4O5S/c1-36(2,3)51-35(47)44-17-4-5-21-50-32-23-26(33(24-6-10-27(38)11-7-24)25-8-12-28(39)13-9-25)22-30-31(14-18-43-34(30)32)45-29-15-19-46(20-16-29)52(48,49)37(40,41)42/h6-14,18,22-23,29,33H,4-5,15-17,19-21H2,1-3H3,(H,43,45)(H,44,47). The molecule has 4 aromatic rings. The van der Waals surface area contributed by atoms with Crippen molar-refractivity contribution in [3.63, 3.8) is 0 Å². The van der Waals surface area contributed by atoms with Crippen LogP contribution in [0.5, 0.6) is 5.75 Å². The highest BCUT2D eigenvalue weighted by Crippen LogP contribution is 2.40. The molecule has 1 aliphatic heterocycles. The van der Waals surface area contributed by atoms with Crippen molar-refractivity contribution < 1.29 is 35.9 Å². The summed E-state index contributed by atoms with van der Waals surface area (Å²) >= 11 is 12.5. The van der Waals surface area contributed by atoms with E-state index < -0.39 is 27.2 Å². The number of unbranched alkanes of at least 4 members (excludes halogenated alkanes) is 1. The lowest BCUT2D eigenvalue weighted by Crippen LogP contribution is -2.47. The highest BCUT2D eigenvalue weighted by Gasteiger charge is 2.50. The maximum absolute atomic E-state index is 13.2. The van der Waals surface area contributed by atoms with E-state index in [-0.39, 0.29) is 37.9 Å². The molecule has 1 fully saturated rings. The summed E-state index contributed by atoms with van der Waals surface area (Å²) in [6.07, 6.45) is 2.75. The van der Waals surface area contributed by atoms with Gasteiger partial charge < -0.3 is 20.1 Å². The molecule has 1 aromatic heterocycles. The molecule has 0 unspecified atom stereocenters. The fourth-order valence-electron chi connectivity index (χ4n) is 6.05. The minimum absolute atomic E-state index is 0.178. The lowest BCUT2D eigenvalue weighted by Gasteiger charge is -2.32. The molecule has 1 amide bonds. The van der Waals surface area contributed by atoms with Crippen molar-refractivity contribution in [2.75, 3.05) is 31.6 Å². The molecular formula is C37H41Cl2F3N4O5S. The zero-order chi connectivity index (χ0) is 37.7. The van der Waals surface area contributed by atoms with Gasteiger partial charge in [-0.15, -0.1) is 0 Å². The predicted molar refractivity (Wildman–Crippen MR) is 198 cm³/mol. The Morgan fingerprint density at radius 3 is 2.08 bits per heavy atom. The number of benzene rings is 3. The Labute approximate surface area is 311 Å². The van der Waals surface area contributed by atoms with E-state index in [1.807, 2.05) is 60.7 Å². The normalized spacial score (nSPS) is 14.8. The molecule has 0 spiro atoms. The van der Waals surface area contributed by atoms with Crippen molar-refractivity contribution in [3.05, 3.63) is 99.7 Å². The van der Waals surface area contributed by atoms with Crippen LogP contribution in [0.1, 0.15) is 69.1 Å². The topological polar surface area (TPSA) is 110 Å². The van der Waals surface area contributed by atoms with Crippen LogP contribution < -0.4 is 15.4 Å². The number of fused-ring (bicyclic) bond motifs is 1. The summed E-state index contributed by atoms with van der Waals surface area (Å²) in [6.45, 7) is 5.60. The molecular weight excluding hydrogens is 740 g/mol. The maximum atomic E-state index is 13.2. The first-order valence-electron chi connectivity index (χ1n) is 16.9. The van der Waals surface area contributed by atoms with E-state index in [2.05, 4.69) is 15.6 Å². The monoisotopic (exact) mass is 780 g/mol. The highest BCUT2D eigenvalue weighted by molar-refractivity contribution is 7.90. The van der Waals surface area contributed by atoms with Gasteiger partial charge in [-0.2, -0.15) is 17.5 Å². The van der Waals surface area contributed by atoms with Crippen LogP contribution in [0.25, 0.3) is 10.9 Å². The second-order valence-electron chi connectivity index (χ2n) is 13.6. The Bertz CT molecular complexity index is 1900. The number of ether oxygens (including phenoxy) is 2. The van der Waals surface area contributed by atoms with Gasteiger partial charge in [0.2, 0.25) is 0 Å². The number of anilines is 1. The summed E-state index contributed by atoms with van der Waals surface area (Å²) in [5.74, 6) is 0.249. The minimum atomic E-state index is -5.40. The van der Waals surface area contributed by atoms with Gasteiger partial charge in [-0.3, -0.25) is 4.98 Å². The summed E-state index contributed by atoms with van der Waals surface area (Å²) in [6, 6.07) is 20.6. The minimum Gasteiger partial charge on any atom is -0.491 e. The summed E-state index contributed by atoms with van der Waals surface area (Å²) in [4.78, 5) is 16.7. The van der Waals surface area contributed by atoms with Gasteiger partial charge in [0.1, 0.15) is 16.9 Å². The lowest BCUT2D eigenvalue weighted by molar-refractivity contribution is -0.0494. The van der Waals surface area contributed by atoms with E-state index in [0.29, 0.717) is 57.3 Å². The number of hydrogen-bond acceptors (Lipinski definition) is 7. The molecule has 2 heterocycles. The molecule has 5 rings (SSSR count). The zero-order valence-electron chi connectivity index (χ0n) is 29.0. The summed E-state index contributed by atoms with van der Waals surface area (Å²) < 4.78 is 75.8. The van der Waals surface area contributed by atoms with Crippen LogP contribution in [0.3, 0.4) is 0 Å². The molecule has 1 aliphatic rings. The van der Waals surface area contributed by atoms with Crippen LogP contribution in [-0.4, -0.2) is 67.2 Å². The molecule has 15 heteroatoms. The van der Waals surface area contributed by atoms with Crippen molar-refractivity contribution in [1.29, 1.82) is 0 Å². The molecule has 3 aromatic carbocycles. The first kappa shape index (κ1) is 39.4. The van der Waals surface area contributed by atoms with Gasteiger partial charge in [-0.25, -0.2) is 13.2 Å². The van der Waals surface area contributed by atoms with E-state index in [4.69, 9.17) is 32.7 Å². The molecule has 280 valence electrons. The van der Waals surface area contributed by atoms with Crippen LogP contribution in [-0.2, 0) is 14.8 Å². The van der Waals surface area contributed by atoms with Gasteiger partial charge in [0.05, 0.1) is 6.61 Å². The molecule has 0 bridgehead atoms. The number of carbonyl (C=O) groups excluding carboxylic acids is 1. The number of pyridine rings is 1. The first-order chi connectivity index (χ1) is 24.5. The smallest absolute Gasteiger partial charge is 0.491 e. The molecule has 52 heavy (non-hydrogen) atoms. The van der Waals surface area contributed by atoms with Crippen molar-refractivity contribution in [2.24, 2.45) is 0 Å². The molecule has 1 saturated heterocycles. The van der Waals surface area contributed by atoms with E-state index >= 15 is 0 Å². The number of piperidine rings is 1. The second kappa shape index (κ2) is 16.5.